The third-order valence-electron chi connectivity index (χ3n) is 3.72. The molecule has 0 unspecified atom stereocenters. The minimum absolute atomic E-state index is 0.316. The van der Waals surface area contributed by atoms with Gasteiger partial charge in [0.05, 0.1) is 10.4 Å². The molecule has 0 atom stereocenters. The Labute approximate surface area is 124 Å². The van der Waals surface area contributed by atoms with Crippen molar-refractivity contribution in [1.29, 1.82) is 0 Å². The fraction of sp³-hybridized carbons (Fsp3) is 0.176. The summed E-state index contributed by atoms with van der Waals surface area (Å²) in [7, 11) is -3.55. The van der Waals surface area contributed by atoms with Crippen molar-refractivity contribution in [3.8, 4) is 0 Å². The van der Waals surface area contributed by atoms with E-state index in [0.29, 0.717) is 4.90 Å². The normalized spacial score (nSPS) is 11.9. The van der Waals surface area contributed by atoms with Crippen molar-refractivity contribution in [3.05, 3.63) is 65.9 Å². The Morgan fingerprint density at radius 2 is 1.71 bits per heavy atom. The van der Waals surface area contributed by atoms with Crippen LogP contribution >= 0.6 is 0 Å². The Bertz CT molecular complexity index is 890. The molecule has 108 valence electrons. The minimum atomic E-state index is -3.55. The molecule has 0 aliphatic heterocycles. The van der Waals surface area contributed by atoms with Crippen molar-refractivity contribution in [3.63, 3.8) is 0 Å². The Morgan fingerprint density at radius 1 is 1.00 bits per heavy atom. The first-order valence-corrected chi connectivity index (χ1v) is 8.39. The fourth-order valence-corrected chi connectivity index (χ4v) is 3.94. The average Bonchev–Trinajstić information content (AvgIpc) is 2.92. The van der Waals surface area contributed by atoms with E-state index in [0.717, 1.165) is 28.5 Å². The molecule has 3 nitrogen and oxygen atoms in total. The monoisotopic (exact) mass is 299 g/mol. The summed E-state index contributed by atoms with van der Waals surface area (Å²) in [5.74, 6) is 0. The topological polar surface area (TPSA) is 39.1 Å². The molecule has 1 aromatic heterocycles. The SMILES string of the molecule is CCc1cccc2ccn(S(=O)(=O)c3ccc(C)cc3)c12. The van der Waals surface area contributed by atoms with Crippen molar-refractivity contribution in [2.24, 2.45) is 0 Å². The van der Waals surface area contributed by atoms with Crippen molar-refractivity contribution >= 4 is 20.9 Å². The molecule has 0 N–H and O–H groups in total. The molecule has 0 spiro atoms. The van der Waals surface area contributed by atoms with E-state index in [4.69, 9.17) is 0 Å². The summed E-state index contributed by atoms with van der Waals surface area (Å²) in [6.07, 6.45) is 2.43. The van der Waals surface area contributed by atoms with Crippen LogP contribution in [0.3, 0.4) is 0 Å². The predicted molar refractivity (Wildman–Crippen MR) is 85.1 cm³/mol. The predicted octanol–water partition coefficient (Wildman–Crippen LogP) is 3.75. The molecule has 0 aliphatic carbocycles. The molecule has 2 aromatic carbocycles. The average molecular weight is 299 g/mol. The smallest absolute Gasteiger partial charge is 0.241 e. The van der Waals surface area contributed by atoms with Crippen molar-refractivity contribution < 1.29 is 8.42 Å². The first-order valence-electron chi connectivity index (χ1n) is 6.95. The van der Waals surface area contributed by atoms with Gasteiger partial charge in [-0.05, 0) is 37.1 Å². The van der Waals surface area contributed by atoms with E-state index in [-0.39, 0.29) is 0 Å². The van der Waals surface area contributed by atoms with E-state index in [9.17, 15) is 8.42 Å². The maximum absolute atomic E-state index is 12.9. The summed E-state index contributed by atoms with van der Waals surface area (Å²) in [6.45, 7) is 3.97. The van der Waals surface area contributed by atoms with E-state index >= 15 is 0 Å². The standard InChI is InChI=1S/C17H17NO2S/c1-3-14-5-4-6-15-11-12-18(17(14)15)21(19,20)16-9-7-13(2)8-10-16/h4-12H,3H2,1-2H3. The Hall–Kier alpha value is -2.07. The molecule has 0 amide bonds. The van der Waals surface area contributed by atoms with Gasteiger partial charge in [0.2, 0.25) is 0 Å². The second kappa shape index (κ2) is 5.04. The lowest BCUT2D eigenvalue weighted by atomic mass is 10.1. The number of fused-ring (bicyclic) bond motifs is 1. The largest absolute Gasteiger partial charge is 0.268 e. The van der Waals surface area contributed by atoms with Gasteiger partial charge in [0.1, 0.15) is 0 Å². The van der Waals surface area contributed by atoms with Gasteiger partial charge in [-0.25, -0.2) is 12.4 Å². The van der Waals surface area contributed by atoms with Crippen LogP contribution in [-0.4, -0.2) is 12.4 Å². The molecule has 0 bridgehead atoms. The lowest BCUT2D eigenvalue weighted by molar-refractivity contribution is 0.589. The molecule has 0 fully saturated rings. The lowest BCUT2D eigenvalue weighted by Crippen LogP contribution is -2.12. The maximum Gasteiger partial charge on any atom is 0.268 e. The summed E-state index contributed by atoms with van der Waals surface area (Å²) in [4.78, 5) is 0.316. The van der Waals surface area contributed by atoms with Crippen LogP contribution in [-0.2, 0) is 16.4 Å². The second-order valence-corrected chi connectivity index (χ2v) is 6.95. The molecule has 3 rings (SSSR count). The fourth-order valence-electron chi connectivity index (χ4n) is 2.55. The zero-order valence-electron chi connectivity index (χ0n) is 12.1. The number of aromatic nitrogens is 1. The Morgan fingerprint density at radius 3 is 2.38 bits per heavy atom. The molecule has 21 heavy (non-hydrogen) atoms. The van der Waals surface area contributed by atoms with E-state index in [1.807, 2.05) is 50.2 Å². The maximum atomic E-state index is 12.9. The van der Waals surface area contributed by atoms with Crippen molar-refractivity contribution in [1.82, 2.24) is 3.97 Å². The summed E-state index contributed by atoms with van der Waals surface area (Å²) in [5.41, 5.74) is 2.86. The van der Waals surface area contributed by atoms with Gasteiger partial charge in [-0.1, -0.05) is 42.8 Å². The van der Waals surface area contributed by atoms with E-state index in [1.165, 1.54) is 3.97 Å². The number of aryl methyl sites for hydroxylation is 2. The molecular weight excluding hydrogens is 282 g/mol. The van der Waals surface area contributed by atoms with Crippen LogP contribution in [0.1, 0.15) is 18.1 Å². The number of para-hydroxylation sites is 1. The number of benzene rings is 2. The van der Waals surface area contributed by atoms with Crippen LogP contribution in [0.25, 0.3) is 10.9 Å². The quantitative estimate of drug-likeness (QED) is 0.739. The Balaban J connectivity index is 2.26. The van der Waals surface area contributed by atoms with Gasteiger partial charge in [-0.15, -0.1) is 0 Å². The highest BCUT2D eigenvalue weighted by molar-refractivity contribution is 7.90. The molecule has 0 saturated heterocycles. The summed E-state index contributed by atoms with van der Waals surface area (Å²) >= 11 is 0. The molecule has 0 saturated carbocycles. The number of hydrogen-bond acceptors (Lipinski definition) is 2. The number of rotatable bonds is 3. The molecule has 4 heteroatoms. The number of nitrogens with zero attached hydrogens (tertiary/aromatic N) is 1. The van der Waals surface area contributed by atoms with E-state index in [1.54, 1.807) is 18.3 Å². The summed E-state index contributed by atoms with van der Waals surface area (Å²) < 4.78 is 27.1. The third kappa shape index (κ3) is 2.25. The van der Waals surface area contributed by atoms with Gasteiger partial charge < -0.3 is 0 Å². The van der Waals surface area contributed by atoms with Crippen LogP contribution in [0.2, 0.25) is 0 Å². The zero-order valence-corrected chi connectivity index (χ0v) is 12.9. The molecular formula is C17H17NO2S. The number of hydrogen-bond donors (Lipinski definition) is 0. The summed E-state index contributed by atoms with van der Waals surface area (Å²) in [5, 5.41) is 0.949. The van der Waals surface area contributed by atoms with Crippen molar-refractivity contribution in [2.45, 2.75) is 25.2 Å². The van der Waals surface area contributed by atoms with Gasteiger partial charge in [0, 0.05) is 11.6 Å². The first-order chi connectivity index (χ1) is 10.0. The van der Waals surface area contributed by atoms with E-state index in [2.05, 4.69) is 0 Å². The molecule has 3 aromatic rings. The molecule has 1 heterocycles. The van der Waals surface area contributed by atoms with Crippen LogP contribution in [0.5, 0.6) is 0 Å². The van der Waals surface area contributed by atoms with Crippen LogP contribution in [0, 0.1) is 6.92 Å². The van der Waals surface area contributed by atoms with Gasteiger partial charge in [-0.2, -0.15) is 0 Å². The first kappa shape index (κ1) is 13.9. The third-order valence-corrected chi connectivity index (χ3v) is 5.41. The molecule has 0 radical (unpaired) electrons. The Kier molecular flexibility index (Phi) is 3.33. The highest BCUT2D eigenvalue weighted by atomic mass is 32.2. The zero-order chi connectivity index (χ0) is 15.0. The minimum Gasteiger partial charge on any atom is -0.241 e. The van der Waals surface area contributed by atoms with Gasteiger partial charge in [-0.3, -0.25) is 0 Å². The van der Waals surface area contributed by atoms with Gasteiger partial charge in [0.15, 0.2) is 0 Å². The second-order valence-electron chi connectivity index (χ2n) is 5.14. The molecule has 0 aliphatic rings. The lowest BCUT2D eigenvalue weighted by Gasteiger charge is -2.10. The van der Waals surface area contributed by atoms with Crippen LogP contribution < -0.4 is 0 Å². The van der Waals surface area contributed by atoms with Crippen molar-refractivity contribution in [2.75, 3.05) is 0 Å². The van der Waals surface area contributed by atoms with Gasteiger partial charge in [0.25, 0.3) is 10.0 Å². The summed E-state index contributed by atoms with van der Waals surface area (Å²) in [6, 6.07) is 14.7. The van der Waals surface area contributed by atoms with Gasteiger partial charge >= 0.3 is 0 Å². The van der Waals surface area contributed by atoms with E-state index < -0.39 is 10.0 Å². The van der Waals surface area contributed by atoms with Crippen LogP contribution in [0.4, 0.5) is 0 Å². The van der Waals surface area contributed by atoms with Crippen LogP contribution in [0.15, 0.2) is 59.6 Å². The highest BCUT2D eigenvalue weighted by Crippen LogP contribution is 2.25. The highest BCUT2D eigenvalue weighted by Gasteiger charge is 2.19.